The molecular weight excluding hydrogens is 365 g/mol. The van der Waals surface area contributed by atoms with E-state index in [1.54, 1.807) is 12.1 Å². The topological polar surface area (TPSA) is 142 Å². The molecule has 148 valence electrons. The molecule has 0 aromatic heterocycles. The van der Waals surface area contributed by atoms with Gasteiger partial charge in [-0.15, -0.1) is 0 Å². The molecule has 1 aromatic carbocycles. The SMILES string of the molecule is NC(=O)[C@H]1C[C@@H](N2CC(Oc3ccc([C@H]4C[C@H]4B=O)c(O)c3C(=O)O)C2)CN1. The molecule has 5 N–H and O–H groups in total. The summed E-state index contributed by atoms with van der Waals surface area (Å²) < 4.78 is 16.7. The Morgan fingerprint density at radius 2 is 2.04 bits per heavy atom. The fourth-order valence-corrected chi connectivity index (χ4v) is 4.15. The van der Waals surface area contributed by atoms with Crippen molar-refractivity contribution in [1.29, 1.82) is 0 Å². The average molecular weight is 387 g/mol. The van der Waals surface area contributed by atoms with Gasteiger partial charge in [-0.1, -0.05) is 0 Å². The number of primary amides is 1. The Labute approximate surface area is 162 Å². The predicted molar refractivity (Wildman–Crippen MR) is 98.0 cm³/mol. The monoisotopic (exact) mass is 387 g/mol. The maximum atomic E-state index is 11.7. The molecule has 0 bridgehead atoms. The van der Waals surface area contributed by atoms with Crippen molar-refractivity contribution in [3.05, 3.63) is 23.3 Å². The molecule has 2 heterocycles. The van der Waals surface area contributed by atoms with Gasteiger partial charge in [-0.3, -0.25) is 4.79 Å². The Bertz CT molecular complexity index is 828. The van der Waals surface area contributed by atoms with Gasteiger partial charge in [0.05, 0.1) is 6.04 Å². The molecule has 0 unspecified atom stereocenters. The summed E-state index contributed by atoms with van der Waals surface area (Å²) in [5.41, 5.74) is 5.54. The normalized spacial score (nSPS) is 29.7. The molecule has 0 radical (unpaired) electrons. The van der Waals surface area contributed by atoms with Crippen LogP contribution in [0.25, 0.3) is 0 Å². The minimum atomic E-state index is -1.27. The van der Waals surface area contributed by atoms with E-state index < -0.39 is 5.97 Å². The van der Waals surface area contributed by atoms with Gasteiger partial charge in [0, 0.05) is 0 Å². The van der Waals surface area contributed by atoms with Crippen LogP contribution in [0.15, 0.2) is 12.1 Å². The Balaban J connectivity index is 1.41. The van der Waals surface area contributed by atoms with Crippen LogP contribution in [-0.2, 0) is 9.50 Å². The van der Waals surface area contributed by atoms with Crippen molar-refractivity contribution in [2.75, 3.05) is 19.6 Å². The van der Waals surface area contributed by atoms with Crippen molar-refractivity contribution in [2.24, 2.45) is 5.73 Å². The maximum absolute atomic E-state index is 11.7. The molecule has 1 saturated carbocycles. The minimum absolute atomic E-state index is 0.126. The Morgan fingerprint density at radius 1 is 1.29 bits per heavy atom. The molecule has 1 amide bonds. The number of hydrogen-bond acceptors (Lipinski definition) is 7. The van der Waals surface area contributed by atoms with Crippen LogP contribution in [0.5, 0.6) is 11.5 Å². The number of benzene rings is 1. The van der Waals surface area contributed by atoms with Crippen LogP contribution in [-0.4, -0.2) is 72.0 Å². The third-order valence-electron chi connectivity index (χ3n) is 5.94. The molecule has 9 nitrogen and oxygen atoms in total. The predicted octanol–water partition coefficient (Wildman–Crippen LogP) is -0.305. The Kier molecular flexibility index (Phi) is 4.84. The number of rotatable bonds is 7. The first kappa shape index (κ1) is 18.9. The number of aromatic hydroxyl groups is 1. The van der Waals surface area contributed by atoms with Crippen LogP contribution in [0.1, 0.15) is 34.7 Å². The number of ether oxygens (including phenoxy) is 1. The standard InChI is InChI=1S/C18H22BN3O6/c20-17(24)13-3-8(5-21-13)22-6-9(7-22)28-14-2-1-10(11-4-12(11)19-27)16(23)15(14)18(25)26/h1-2,8-9,11-13,21,23H,3-7H2,(H2,20,24)(H,25,26)/t8-,11-,12-,13-/m1/s1. The summed E-state index contributed by atoms with van der Waals surface area (Å²) in [7, 11) is 0.832. The van der Waals surface area contributed by atoms with E-state index in [9.17, 15) is 24.5 Å². The fourth-order valence-electron chi connectivity index (χ4n) is 4.15. The van der Waals surface area contributed by atoms with Crippen LogP contribution in [0.3, 0.4) is 0 Å². The van der Waals surface area contributed by atoms with E-state index in [0.29, 0.717) is 38.0 Å². The number of likely N-dealkylation sites (tertiary alicyclic amines) is 1. The van der Waals surface area contributed by atoms with Crippen LogP contribution >= 0.6 is 0 Å². The minimum Gasteiger partial charge on any atom is -0.304 e. The third-order valence-corrected chi connectivity index (χ3v) is 5.94. The molecule has 3 fully saturated rings. The van der Waals surface area contributed by atoms with Crippen LogP contribution in [0.4, 0.5) is 0 Å². The fraction of sp³-hybridized carbons (Fsp3) is 0.556. The molecule has 0 spiro atoms. The summed E-state index contributed by atoms with van der Waals surface area (Å²) in [5, 5.41) is 23.1. The average Bonchev–Trinajstić information content (AvgIpc) is 3.22. The number of nitrogens with zero attached hydrogens (tertiary/aromatic N) is 1. The number of phenols is 1. The molecule has 4 rings (SSSR count). The molecule has 2 aliphatic heterocycles. The third kappa shape index (κ3) is 3.38. The number of aromatic carboxylic acids is 1. The zero-order valence-corrected chi connectivity index (χ0v) is 15.2. The molecule has 28 heavy (non-hydrogen) atoms. The number of nitrogens with two attached hydrogens (primary N) is 1. The van der Waals surface area contributed by atoms with E-state index in [2.05, 4.69) is 10.2 Å². The van der Waals surface area contributed by atoms with Crippen LogP contribution in [0, 0.1) is 0 Å². The van der Waals surface area contributed by atoms with Crippen molar-refractivity contribution in [2.45, 2.75) is 42.8 Å². The van der Waals surface area contributed by atoms with Crippen molar-refractivity contribution >= 4 is 19.0 Å². The number of amides is 1. The molecule has 1 aromatic rings. The van der Waals surface area contributed by atoms with Crippen molar-refractivity contribution in [1.82, 2.24) is 10.2 Å². The first-order valence-corrected chi connectivity index (χ1v) is 9.36. The summed E-state index contributed by atoms with van der Waals surface area (Å²) >= 11 is 0. The Hall–Kier alpha value is -2.46. The van der Waals surface area contributed by atoms with E-state index in [0.717, 1.165) is 7.15 Å². The first-order chi connectivity index (χ1) is 13.4. The number of carboxylic acids is 1. The molecule has 3 aliphatic rings. The summed E-state index contributed by atoms with van der Waals surface area (Å²) in [5.74, 6) is -2.11. The van der Waals surface area contributed by atoms with Crippen LogP contribution in [0.2, 0.25) is 5.82 Å². The molecule has 4 atom stereocenters. The molecule has 10 heteroatoms. The second kappa shape index (κ2) is 7.18. The number of carboxylic acid groups (broad SMARTS) is 1. The van der Waals surface area contributed by atoms with Gasteiger partial charge in [0.15, 0.2) is 0 Å². The van der Waals surface area contributed by atoms with Gasteiger partial charge in [-0.2, -0.15) is 0 Å². The Morgan fingerprint density at radius 3 is 2.61 bits per heavy atom. The van der Waals surface area contributed by atoms with Gasteiger partial charge < -0.3 is 11.1 Å². The van der Waals surface area contributed by atoms with E-state index >= 15 is 0 Å². The zero-order valence-electron chi connectivity index (χ0n) is 15.2. The van der Waals surface area contributed by atoms with Gasteiger partial charge in [0.1, 0.15) is 0 Å². The molecule has 2 saturated heterocycles. The van der Waals surface area contributed by atoms with Crippen molar-refractivity contribution in [3.8, 4) is 11.5 Å². The van der Waals surface area contributed by atoms with E-state index in [4.69, 9.17) is 10.5 Å². The quantitative estimate of drug-likeness (QED) is 0.467. The second-order valence-electron chi connectivity index (χ2n) is 7.77. The smallest absolute Gasteiger partial charge is 0.304 e. The van der Waals surface area contributed by atoms with Gasteiger partial charge >= 0.3 is 134 Å². The summed E-state index contributed by atoms with van der Waals surface area (Å²) in [6.45, 7) is 1.89. The van der Waals surface area contributed by atoms with Crippen LogP contribution < -0.4 is 15.8 Å². The number of nitrogens with one attached hydrogen (secondary N) is 1. The van der Waals surface area contributed by atoms with E-state index in [1.165, 1.54) is 0 Å². The van der Waals surface area contributed by atoms with Gasteiger partial charge in [-0.05, 0) is 0 Å². The first-order valence-electron chi connectivity index (χ1n) is 9.36. The second-order valence-corrected chi connectivity index (χ2v) is 7.77. The zero-order chi connectivity index (χ0) is 20.0. The number of carbonyl (C=O) groups excluding carboxylic acids is 1. The molecule has 1 aliphatic carbocycles. The van der Waals surface area contributed by atoms with Crippen molar-refractivity contribution < 1.29 is 29.2 Å². The van der Waals surface area contributed by atoms with E-state index in [-0.39, 0.29) is 52.9 Å². The summed E-state index contributed by atoms with van der Waals surface area (Å²) in [6, 6.07) is 3.08. The van der Waals surface area contributed by atoms with E-state index in [1.807, 2.05) is 0 Å². The number of hydrogen-bond donors (Lipinski definition) is 4. The summed E-state index contributed by atoms with van der Waals surface area (Å²) in [6.07, 6.45) is 1.08. The summed E-state index contributed by atoms with van der Waals surface area (Å²) in [4.78, 5) is 25.1. The van der Waals surface area contributed by atoms with Crippen molar-refractivity contribution in [3.63, 3.8) is 0 Å². The van der Waals surface area contributed by atoms with Gasteiger partial charge in [0.25, 0.3) is 0 Å². The van der Waals surface area contributed by atoms with Gasteiger partial charge in [-0.25, -0.2) is 0 Å². The van der Waals surface area contributed by atoms with Gasteiger partial charge in [0.2, 0.25) is 5.91 Å². The number of carbonyl (C=O) groups is 2. The molecular formula is C18H22BN3O6.